The van der Waals surface area contributed by atoms with Gasteiger partial charge >= 0.3 is 5.97 Å². The number of carboxylic acid groups (broad SMARTS) is 1. The Labute approximate surface area is 105 Å². The number of anilines is 2. The number of aromatic nitrogens is 2. The molecule has 2 fully saturated rings. The van der Waals surface area contributed by atoms with Crippen LogP contribution in [0.2, 0.25) is 0 Å². The average molecular weight is 248 g/mol. The van der Waals surface area contributed by atoms with Crippen LogP contribution < -0.4 is 10.6 Å². The minimum absolute atomic E-state index is 0.00516. The van der Waals surface area contributed by atoms with Crippen molar-refractivity contribution in [1.82, 2.24) is 9.97 Å². The summed E-state index contributed by atoms with van der Waals surface area (Å²) >= 11 is 0. The smallest absolute Gasteiger partial charge is 0.308 e. The average Bonchev–Trinajstić information content (AvgIpc) is 3.12. The van der Waals surface area contributed by atoms with Gasteiger partial charge in [0.15, 0.2) is 0 Å². The highest BCUT2D eigenvalue weighted by molar-refractivity contribution is 5.75. The summed E-state index contributed by atoms with van der Waals surface area (Å²) < 4.78 is 0. The molecule has 2 atom stereocenters. The van der Waals surface area contributed by atoms with Gasteiger partial charge in [0.05, 0.1) is 5.92 Å². The van der Waals surface area contributed by atoms with Gasteiger partial charge < -0.3 is 15.7 Å². The molecule has 6 heteroatoms. The van der Waals surface area contributed by atoms with Crippen LogP contribution >= 0.6 is 0 Å². The first-order valence-electron chi connectivity index (χ1n) is 6.23. The van der Waals surface area contributed by atoms with E-state index in [2.05, 4.69) is 20.6 Å². The van der Waals surface area contributed by atoms with E-state index < -0.39 is 5.97 Å². The number of aliphatic carboxylic acids is 1. The van der Waals surface area contributed by atoms with Gasteiger partial charge in [-0.25, -0.2) is 9.97 Å². The molecule has 0 aliphatic heterocycles. The monoisotopic (exact) mass is 248 g/mol. The quantitative estimate of drug-likeness (QED) is 0.726. The molecule has 0 spiro atoms. The summed E-state index contributed by atoms with van der Waals surface area (Å²) in [7, 11) is 0. The van der Waals surface area contributed by atoms with E-state index in [9.17, 15) is 4.79 Å². The molecule has 0 amide bonds. The maximum atomic E-state index is 10.8. The molecule has 2 unspecified atom stereocenters. The lowest BCUT2D eigenvalue weighted by Gasteiger charge is -2.09. The minimum atomic E-state index is -0.741. The van der Waals surface area contributed by atoms with Crippen LogP contribution in [0.5, 0.6) is 0 Å². The van der Waals surface area contributed by atoms with E-state index in [1.54, 1.807) is 0 Å². The molecular formula is C12H16N4O2. The number of rotatable bonds is 5. The molecule has 6 nitrogen and oxygen atoms in total. The Kier molecular flexibility index (Phi) is 2.57. The number of nitrogens with zero attached hydrogens (tertiary/aromatic N) is 2. The minimum Gasteiger partial charge on any atom is -0.481 e. The van der Waals surface area contributed by atoms with Crippen molar-refractivity contribution in [1.29, 1.82) is 0 Å². The Balaban J connectivity index is 1.67. The van der Waals surface area contributed by atoms with Gasteiger partial charge in [-0.2, -0.15) is 0 Å². The second kappa shape index (κ2) is 4.12. The van der Waals surface area contributed by atoms with Gasteiger partial charge in [0.2, 0.25) is 0 Å². The molecule has 96 valence electrons. The van der Waals surface area contributed by atoms with Gasteiger partial charge in [0, 0.05) is 18.2 Å². The van der Waals surface area contributed by atoms with Crippen LogP contribution in [-0.2, 0) is 4.79 Å². The zero-order valence-electron chi connectivity index (χ0n) is 10.2. The molecule has 2 aliphatic rings. The lowest BCUT2D eigenvalue weighted by atomic mass is 10.4. The van der Waals surface area contributed by atoms with Crippen LogP contribution in [0.1, 0.15) is 25.1 Å². The molecule has 3 rings (SSSR count). The van der Waals surface area contributed by atoms with Crippen LogP contribution in [0.25, 0.3) is 0 Å². The van der Waals surface area contributed by atoms with Crippen molar-refractivity contribution in [3.63, 3.8) is 0 Å². The van der Waals surface area contributed by atoms with Gasteiger partial charge in [-0.1, -0.05) is 0 Å². The Hall–Kier alpha value is -1.85. The summed E-state index contributed by atoms with van der Waals surface area (Å²) in [6.45, 7) is 1.84. The van der Waals surface area contributed by atoms with Crippen molar-refractivity contribution in [2.75, 3.05) is 10.6 Å². The molecule has 1 aromatic rings. The Morgan fingerprint density at radius 1 is 1.33 bits per heavy atom. The predicted octanol–water partition coefficient (Wildman–Crippen LogP) is 1.24. The largest absolute Gasteiger partial charge is 0.481 e. The zero-order valence-corrected chi connectivity index (χ0v) is 10.2. The second-order valence-electron chi connectivity index (χ2n) is 5.04. The number of aryl methyl sites for hydroxylation is 1. The van der Waals surface area contributed by atoms with Crippen molar-refractivity contribution < 1.29 is 9.90 Å². The summed E-state index contributed by atoms with van der Waals surface area (Å²) in [6.07, 6.45) is 3.05. The summed E-state index contributed by atoms with van der Waals surface area (Å²) in [5.41, 5.74) is 0. The molecule has 0 bridgehead atoms. The van der Waals surface area contributed by atoms with Crippen molar-refractivity contribution in [3.8, 4) is 0 Å². The van der Waals surface area contributed by atoms with Crippen molar-refractivity contribution >= 4 is 17.6 Å². The van der Waals surface area contributed by atoms with E-state index in [-0.39, 0.29) is 12.0 Å². The van der Waals surface area contributed by atoms with Gasteiger partial charge in [-0.3, -0.25) is 4.79 Å². The van der Waals surface area contributed by atoms with E-state index >= 15 is 0 Å². The second-order valence-corrected chi connectivity index (χ2v) is 5.04. The third-order valence-corrected chi connectivity index (χ3v) is 3.21. The third kappa shape index (κ3) is 2.52. The predicted molar refractivity (Wildman–Crippen MR) is 66.6 cm³/mol. The molecule has 0 aromatic carbocycles. The van der Waals surface area contributed by atoms with E-state index in [1.165, 1.54) is 12.8 Å². The number of hydrogen-bond donors (Lipinski definition) is 3. The fraction of sp³-hybridized carbons (Fsp3) is 0.583. The highest BCUT2D eigenvalue weighted by Crippen LogP contribution is 2.33. The van der Waals surface area contributed by atoms with Gasteiger partial charge in [0.25, 0.3) is 0 Å². The van der Waals surface area contributed by atoms with Crippen molar-refractivity contribution in [2.45, 2.75) is 38.3 Å². The molecule has 0 saturated heterocycles. The van der Waals surface area contributed by atoms with E-state index in [1.807, 2.05) is 13.0 Å². The van der Waals surface area contributed by atoms with Crippen LogP contribution in [0.3, 0.4) is 0 Å². The topological polar surface area (TPSA) is 87.1 Å². The molecule has 1 aromatic heterocycles. The van der Waals surface area contributed by atoms with Crippen LogP contribution in [0.15, 0.2) is 6.07 Å². The standard InChI is InChI=1S/C12H16N4O2/c1-6-13-10(15-7-2-3-7)5-11(14-6)16-9-4-8(9)12(17)18/h5,7-9H,2-4H2,1H3,(H,17,18)(H2,13,14,15,16). The van der Waals surface area contributed by atoms with Gasteiger partial charge in [-0.05, 0) is 26.2 Å². The maximum Gasteiger partial charge on any atom is 0.308 e. The fourth-order valence-corrected chi connectivity index (χ4v) is 1.97. The summed E-state index contributed by atoms with van der Waals surface area (Å²) in [5, 5.41) is 15.3. The van der Waals surface area contributed by atoms with E-state index in [4.69, 9.17) is 5.11 Å². The van der Waals surface area contributed by atoms with E-state index in [0.29, 0.717) is 24.1 Å². The van der Waals surface area contributed by atoms with Crippen LogP contribution in [0.4, 0.5) is 11.6 Å². The molecule has 3 N–H and O–H groups in total. The molecule has 2 aliphatic carbocycles. The molecular weight excluding hydrogens is 232 g/mol. The number of carboxylic acids is 1. The number of nitrogens with one attached hydrogen (secondary N) is 2. The highest BCUT2D eigenvalue weighted by Gasteiger charge is 2.43. The lowest BCUT2D eigenvalue weighted by molar-refractivity contribution is -0.138. The normalized spacial score (nSPS) is 25.6. The van der Waals surface area contributed by atoms with Gasteiger partial charge in [0.1, 0.15) is 17.5 Å². The first-order chi connectivity index (χ1) is 8.61. The Morgan fingerprint density at radius 3 is 2.56 bits per heavy atom. The van der Waals surface area contributed by atoms with Crippen molar-refractivity contribution in [2.24, 2.45) is 5.92 Å². The maximum absolute atomic E-state index is 10.8. The highest BCUT2D eigenvalue weighted by atomic mass is 16.4. The number of hydrogen-bond acceptors (Lipinski definition) is 5. The fourth-order valence-electron chi connectivity index (χ4n) is 1.97. The van der Waals surface area contributed by atoms with Gasteiger partial charge in [-0.15, -0.1) is 0 Å². The summed E-state index contributed by atoms with van der Waals surface area (Å²) in [4.78, 5) is 19.4. The molecule has 2 saturated carbocycles. The van der Waals surface area contributed by atoms with Crippen LogP contribution in [-0.4, -0.2) is 33.1 Å². The first kappa shape index (κ1) is 11.3. The SMILES string of the molecule is Cc1nc(NC2CC2)cc(NC2CC2C(=O)O)n1. The Morgan fingerprint density at radius 2 is 2.00 bits per heavy atom. The molecule has 0 radical (unpaired) electrons. The molecule has 18 heavy (non-hydrogen) atoms. The zero-order chi connectivity index (χ0) is 12.7. The third-order valence-electron chi connectivity index (χ3n) is 3.21. The summed E-state index contributed by atoms with van der Waals surface area (Å²) in [5.74, 6) is 1.20. The molecule has 1 heterocycles. The lowest BCUT2D eigenvalue weighted by Crippen LogP contribution is -2.13. The van der Waals surface area contributed by atoms with E-state index in [0.717, 1.165) is 5.82 Å². The number of carbonyl (C=O) groups is 1. The van der Waals surface area contributed by atoms with Crippen molar-refractivity contribution in [3.05, 3.63) is 11.9 Å². The Bertz CT molecular complexity index is 487. The van der Waals surface area contributed by atoms with Crippen LogP contribution in [0, 0.1) is 12.8 Å². The first-order valence-corrected chi connectivity index (χ1v) is 6.23. The summed E-state index contributed by atoms with van der Waals surface area (Å²) in [6, 6.07) is 2.40.